The molecular formula is C16H25BrN2O. The van der Waals surface area contributed by atoms with Gasteiger partial charge in [-0.05, 0) is 49.4 Å². The number of carbonyl (C=O) groups excluding carboxylic acids is 1. The second-order valence-electron chi connectivity index (χ2n) is 5.78. The minimum Gasteiger partial charge on any atom is -0.350 e. The van der Waals surface area contributed by atoms with Crippen LogP contribution in [-0.2, 0) is 4.79 Å². The van der Waals surface area contributed by atoms with Gasteiger partial charge in [0.05, 0.1) is 6.04 Å². The molecule has 20 heavy (non-hydrogen) atoms. The zero-order valence-corrected chi connectivity index (χ0v) is 14.1. The van der Waals surface area contributed by atoms with Gasteiger partial charge in [0.2, 0.25) is 5.91 Å². The molecular weight excluding hydrogens is 316 g/mol. The summed E-state index contributed by atoms with van der Waals surface area (Å²) in [7, 11) is 0. The molecule has 3 nitrogen and oxygen atoms in total. The van der Waals surface area contributed by atoms with E-state index in [1.165, 1.54) is 0 Å². The first-order valence-electron chi connectivity index (χ1n) is 7.17. The van der Waals surface area contributed by atoms with Crippen LogP contribution in [0.1, 0.15) is 45.2 Å². The van der Waals surface area contributed by atoms with Gasteiger partial charge in [0.15, 0.2) is 0 Å². The second kappa shape index (κ2) is 8.42. The summed E-state index contributed by atoms with van der Waals surface area (Å²) in [5, 5.41) is 3.05. The van der Waals surface area contributed by atoms with E-state index in [9.17, 15) is 4.79 Å². The first-order chi connectivity index (χ1) is 9.42. The van der Waals surface area contributed by atoms with Crippen molar-refractivity contribution in [1.29, 1.82) is 0 Å². The number of amides is 1. The Hall–Kier alpha value is -0.870. The summed E-state index contributed by atoms with van der Waals surface area (Å²) in [5.74, 6) is 0.914. The molecule has 4 heteroatoms. The van der Waals surface area contributed by atoms with Crippen LogP contribution in [0.25, 0.3) is 0 Å². The maximum absolute atomic E-state index is 12.1. The fourth-order valence-corrected chi connectivity index (χ4v) is 2.77. The topological polar surface area (TPSA) is 55.1 Å². The van der Waals surface area contributed by atoms with Crippen LogP contribution in [0.15, 0.2) is 28.7 Å². The van der Waals surface area contributed by atoms with Gasteiger partial charge in [0.1, 0.15) is 0 Å². The molecule has 0 aliphatic carbocycles. The predicted octanol–water partition coefficient (Wildman–Crippen LogP) is 3.64. The molecule has 0 fully saturated rings. The number of nitrogens with one attached hydrogen (secondary N) is 1. The highest BCUT2D eigenvalue weighted by atomic mass is 79.9. The number of benzene rings is 1. The van der Waals surface area contributed by atoms with Gasteiger partial charge in [-0.25, -0.2) is 0 Å². The molecule has 0 spiro atoms. The smallest absolute Gasteiger partial charge is 0.220 e. The van der Waals surface area contributed by atoms with E-state index in [2.05, 4.69) is 35.1 Å². The molecule has 0 bridgehead atoms. The first kappa shape index (κ1) is 17.2. The lowest BCUT2D eigenvalue weighted by atomic mass is 9.94. The van der Waals surface area contributed by atoms with Crippen LogP contribution in [0.5, 0.6) is 0 Å². The van der Waals surface area contributed by atoms with Crippen molar-refractivity contribution in [3.05, 3.63) is 34.3 Å². The summed E-state index contributed by atoms with van der Waals surface area (Å²) in [4.78, 5) is 12.1. The van der Waals surface area contributed by atoms with Gasteiger partial charge in [0, 0.05) is 10.9 Å². The Morgan fingerprint density at radius 2 is 2.05 bits per heavy atom. The number of nitrogens with two attached hydrogens (primary N) is 1. The van der Waals surface area contributed by atoms with Gasteiger partial charge in [-0.1, -0.05) is 41.9 Å². The largest absolute Gasteiger partial charge is 0.350 e. The standard InChI is InChI=1S/C16H25BrN2O/c1-11(2)7-13(10-18)8-16(20)19-12(3)14-5-4-6-15(17)9-14/h4-6,9,11-13H,7-8,10,18H2,1-3H3,(H,19,20)/t12-,13?/m0/s1. The van der Waals surface area contributed by atoms with Crippen molar-refractivity contribution in [2.24, 2.45) is 17.6 Å². The normalized spacial score (nSPS) is 14.1. The Bertz CT molecular complexity index is 434. The highest BCUT2D eigenvalue weighted by molar-refractivity contribution is 9.10. The molecule has 0 heterocycles. The van der Waals surface area contributed by atoms with Crippen LogP contribution >= 0.6 is 15.9 Å². The lowest BCUT2D eigenvalue weighted by molar-refractivity contribution is -0.122. The lowest BCUT2D eigenvalue weighted by Gasteiger charge is -2.19. The van der Waals surface area contributed by atoms with Crippen molar-refractivity contribution in [2.75, 3.05) is 6.54 Å². The number of carbonyl (C=O) groups is 1. The first-order valence-corrected chi connectivity index (χ1v) is 7.96. The number of hydrogen-bond acceptors (Lipinski definition) is 2. The van der Waals surface area contributed by atoms with Gasteiger partial charge >= 0.3 is 0 Å². The van der Waals surface area contributed by atoms with E-state index in [1.54, 1.807) is 0 Å². The molecule has 0 aliphatic rings. The number of hydrogen-bond donors (Lipinski definition) is 2. The molecule has 1 aromatic carbocycles. The van der Waals surface area contributed by atoms with Crippen molar-refractivity contribution >= 4 is 21.8 Å². The predicted molar refractivity (Wildman–Crippen MR) is 87.3 cm³/mol. The van der Waals surface area contributed by atoms with Gasteiger partial charge in [-0.15, -0.1) is 0 Å². The third kappa shape index (κ3) is 6.06. The molecule has 1 unspecified atom stereocenters. The Morgan fingerprint density at radius 3 is 2.60 bits per heavy atom. The number of halogens is 1. The van der Waals surface area contributed by atoms with Gasteiger partial charge in [-0.2, -0.15) is 0 Å². The SMILES string of the molecule is CC(C)CC(CN)CC(=O)N[C@@H](C)c1cccc(Br)c1. The zero-order valence-electron chi connectivity index (χ0n) is 12.5. The zero-order chi connectivity index (χ0) is 15.1. The minimum atomic E-state index is 0.0116. The van der Waals surface area contributed by atoms with Crippen LogP contribution < -0.4 is 11.1 Å². The van der Waals surface area contributed by atoms with Crippen molar-refractivity contribution in [2.45, 2.75) is 39.7 Å². The Morgan fingerprint density at radius 1 is 1.35 bits per heavy atom. The molecule has 0 saturated heterocycles. The molecule has 3 N–H and O–H groups in total. The molecule has 0 aromatic heterocycles. The quantitative estimate of drug-likeness (QED) is 0.796. The molecule has 0 saturated carbocycles. The molecule has 1 aromatic rings. The van der Waals surface area contributed by atoms with Crippen molar-refractivity contribution in [1.82, 2.24) is 5.32 Å². The molecule has 0 radical (unpaired) electrons. The summed E-state index contributed by atoms with van der Waals surface area (Å²) in [6.07, 6.45) is 1.50. The average molecular weight is 341 g/mol. The van der Waals surface area contributed by atoms with Crippen molar-refractivity contribution in [3.63, 3.8) is 0 Å². The summed E-state index contributed by atoms with van der Waals surface area (Å²) in [6.45, 7) is 6.88. The fraction of sp³-hybridized carbons (Fsp3) is 0.562. The van der Waals surface area contributed by atoms with Crippen molar-refractivity contribution < 1.29 is 4.79 Å². The van der Waals surface area contributed by atoms with E-state index < -0.39 is 0 Å². The van der Waals surface area contributed by atoms with Crippen LogP contribution in [-0.4, -0.2) is 12.5 Å². The van der Waals surface area contributed by atoms with E-state index in [-0.39, 0.29) is 17.9 Å². The van der Waals surface area contributed by atoms with Gasteiger partial charge in [0.25, 0.3) is 0 Å². The maximum atomic E-state index is 12.1. The fourth-order valence-electron chi connectivity index (χ4n) is 2.35. The van der Waals surface area contributed by atoms with E-state index in [4.69, 9.17) is 5.73 Å². The molecule has 1 rings (SSSR count). The van der Waals surface area contributed by atoms with Crippen LogP contribution in [0.4, 0.5) is 0 Å². The monoisotopic (exact) mass is 340 g/mol. The second-order valence-corrected chi connectivity index (χ2v) is 6.70. The van der Waals surface area contributed by atoms with Crippen molar-refractivity contribution in [3.8, 4) is 0 Å². The lowest BCUT2D eigenvalue weighted by Crippen LogP contribution is -2.30. The summed E-state index contributed by atoms with van der Waals surface area (Å²) in [6, 6.07) is 8.01. The highest BCUT2D eigenvalue weighted by Crippen LogP contribution is 2.19. The Balaban J connectivity index is 2.53. The van der Waals surface area contributed by atoms with Crippen LogP contribution in [0, 0.1) is 11.8 Å². The Labute approximate surface area is 130 Å². The van der Waals surface area contributed by atoms with Crippen LogP contribution in [0.2, 0.25) is 0 Å². The molecule has 2 atom stereocenters. The Kier molecular flexibility index (Phi) is 7.24. The van der Waals surface area contributed by atoms with E-state index in [1.807, 2.05) is 31.2 Å². The summed E-state index contributed by atoms with van der Waals surface area (Å²) in [5.41, 5.74) is 6.84. The summed E-state index contributed by atoms with van der Waals surface area (Å²) >= 11 is 3.45. The maximum Gasteiger partial charge on any atom is 0.220 e. The van der Waals surface area contributed by atoms with Gasteiger partial charge < -0.3 is 11.1 Å². The molecule has 112 valence electrons. The van der Waals surface area contributed by atoms with Crippen LogP contribution in [0.3, 0.4) is 0 Å². The third-order valence-corrected chi connectivity index (χ3v) is 3.83. The minimum absolute atomic E-state index is 0.0116. The molecule has 0 aliphatic heterocycles. The van der Waals surface area contributed by atoms with E-state index >= 15 is 0 Å². The third-order valence-electron chi connectivity index (χ3n) is 3.34. The summed E-state index contributed by atoms with van der Waals surface area (Å²) < 4.78 is 1.02. The average Bonchev–Trinajstić information content (AvgIpc) is 2.37. The number of rotatable bonds is 7. The highest BCUT2D eigenvalue weighted by Gasteiger charge is 2.16. The van der Waals surface area contributed by atoms with E-state index in [0.717, 1.165) is 16.5 Å². The van der Waals surface area contributed by atoms with E-state index in [0.29, 0.717) is 18.9 Å². The molecule has 1 amide bonds. The van der Waals surface area contributed by atoms with Gasteiger partial charge in [-0.3, -0.25) is 4.79 Å².